The molecule has 1 aliphatic carbocycles. The monoisotopic (exact) mass is 376 g/mol. The minimum Gasteiger partial charge on any atom is -0.480 e. The van der Waals surface area contributed by atoms with Crippen LogP contribution in [-0.4, -0.2) is 21.1 Å². The van der Waals surface area contributed by atoms with Crippen molar-refractivity contribution in [3.05, 3.63) is 27.0 Å². The van der Waals surface area contributed by atoms with Gasteiger partial charge in [-0.15, -0.1) is 11.3 Å². The summed E-state index contributed by atoms with van der Waals surface area (Å²) in [7, 11) is -4.22. The highest BCUT2D eigenvalue weighted by Gasteiger charge is 2.29. The zero-order valence-electron chi connectivity index (χ0n) is 10.0. The number of halogens is 1. The summed E-state index contributed by atoms with van der Waals surface area (Å²) < 4.78 is 17.1. The van der Waals surface area contributed by atoms with Gasteiger partial charge in [-0.05, 0) is 17.7 Å². The van der Waals surface area contributed by atoms with Crippen LogP contribution in [0.2, 0.25) is 0 Å². The van der Waals surface area contributed by atoms with Crippen LogP contribution in [0.4, 0.5) is 5.13 Å². The van der Waals surface area contributed by atoms with E-state index in [2.05, 4.69) is 20.9 Å². The van der Waals surface area contributed by atoms with Crippen molar-refractivity contribution in [3.8, 4) is 17.0 Å². The van der Waals surface area contributed by atoms with Crippen LogP contribution in [0, 0.1) is 0 Å². The fourth-order valence-corrected chi connectivity index (χ4v) is 3.78. The van der Waals surface area contributed by atoms with Crippen molar-refractivity contribution in [2.24, 2.45) is 0 Å². The molecule has 1 aromatic carbocycles. The fraction of sp³-hybridized carbons (Fsp3) is 0.182. The molecular weight excluding hydrogens is 367 g/mol. The molecule has 1 heterocycles. The summed E-state index contributed by atoms with van der Waals surface area (Å²) in [5, 5.41) is 0.474. The van der Waals surface area contributed by atoms with E-state index in [0.717, 1.165) is 26.2 Å². The van der Waals surface area contributed by atoms with Gasteiger partial charge < -0.3 is 20.3 Å². The van der Waals surface area contributed by atoms with Crippen molar-refractivity contribution < 1.29 is 19.1 Å². The first-order valence-corrected chi connectivity index (χ1v) is 9.00. The predicted octanol–water partition coefficient (Wildman–Crippen LogP) is 2.57. The summed E-state index contributed by atoms with van der Waals surface area (Å²) in [6.45, 7) is 0. The molecule has 0 unspecified atom stereocenters. The lowest BCUT2D eigenvalue weighted by Gasteiger charge is -2.12. The number of nitrogens with zero attached hydrogens (tertiary/aromatic N) is 1. The number of aromatic nitrogens is 1. The van der Waals surface area contributed by atoms with Crippen LogP contribution in [0.3, 0.4) is 0 Å². The zero-order chi connectivity index (χ0) is 14.5. The first-order valence-electron chi connectivity index (χ1n) is 5.59. The number of thiazole rings is 1. The van der Waals surface area contributed by atoms with Crippen LogP contribution in [-0.2, 0) is 11.0 Å². The Bertz CT molecular complexity index is 742. The summed E-state index contributed by atoms with van der Waals surface area (Å²) in [5.41, 5.74) is 8.21. The lowest BCUT2D eigenvalue weighted by Crippen LogP contribution is -2.00. The highest BCUT2D eigenvalue weighted by molar-refractivity contribution is 9.10. The average molecular weight is 377 g/mol. The van der Waals surface area contributed by atoms with E-state index in [4.69, 9.17) is 20.3 Å². The van der Waals surface area contributed by atoms with Gasteiger partial charge in [0, 0.05) is 21.3 Å². The highest BCUT2D eigenvalue weighted by Crippen LogP contribution is 2.48. The second-order valence-corrected chi connectivity index (χ2v) is 7.89. The number of rotatable bonds is 3. The first-order chi connectivity index (χ1) is 9.35. The van der Waals surface area contributed by atoms with Crippen LogP contribution >= 0.6 is 34.9 Å². The van der Waals surface area contributed by atoms with Gasteiger partial charge in [-0.1, -0.05) is 15.9 Å². The number of nitrogen functional groups attached to an aromatic ring is 1. The Morgan fingerprint density at radius 2 is 2.25 bits per heavy atom. The molecule has 0 spiro atoms. The molecule has 0 aliphatic heterocycles. The molecule has 0 radical (unpaired) electrons. The van der Waals surface area contributed by atoms with Crippen LogP contribution in [0.1, 0.15) is 10.4 Å². The van der Waals surface area contributed by atoms with Gasteiger partial charge in [0.2, 0.25) is 0 Å². The fourth-order valence-electron chi connectivity index (χ4n) is 2.15. The Labute approximate surface area is 126 Å². The molecule has 0 saturated carbocycles. The van der Waals surface area contributed by atoms with Crippen molar-refractivity contribution in [1.29, 1.82) is 0 Å². The van der Waals surface area contributed by atoms with E-state index in [9.17, 15) is 4.57 Å². The molecule has 0 bridgehead atoms. The Morgan fingerprint density at radius 1 is 1.50 bits per heavy atom. The van der Waals surface area contributed by atoms with Gasteiger partial charge >= 0.3 is 7.60 Å². The van der Waals surface area contributed by atoms with E-state index in [1.54, 1.807) is 12.1 Å². The van der Waals surface area contributed by atoms with Crippen LogP contribution < -0.4 is 10.5 Å². The van der Waals surface area contributed by atoms with Gasteiger partial charge in [-0.25, -0.2) is 4.98 Å². The normalized spacial score (nSPS) is 13.2. The lowest BCUT2D eigenvalue weighted by atomic mass is 10.1. The van der Waals surface area contributed by atoms with Gasteiger partial charge in [-0.2, -0.15) is 0 Å². The van der Waals surface area contributed by atoms with Crippen LogP contribution in [0.25, 0.3) is 11.3 Å². The molecule has 4 N–H and O–H groups in total. The summed E-state index contributed by atoms with van der Waals surface area (Å²) in [6.07, 6.45) is 0.0310. The minimum absolute atomic E-state index is 0.413. The Hall–Kier alpha value is -0.920. The smallest absolute Gasteiger partial charge is 0.362 e. The predicted molar refractivity (Wildman–Crippen MR) is 80.0 cm³/mol. The molecule has 6 nitrogen and oxygen atoms in total. The van der Waals surface area contributed by atoms with Gasteiger partial charge in [0.25, 0.3) is 0 Å². The molecule has 20 heavy (non-hydrogen) atoms. The number of nitrogens with two attached hydrogens (primary N) is 1. The van der Waals surface area contributed by atoms with Gasteiger partial charge in [0.15, 0.2) is 11.5 Å². The van der Waals surface area contributed by atoms with Crippen molar-refractivity contribution in [1.82, 2.24) is 4.98 Å². The summed E-state index contributed by atoms with van der Waals surface area (Å²) in [5.74, 6) is 0.413. The molecule has 0 saturated heterocycles. The van der Waals surface area contributed by atoms with Crippen molar-refractivity contribution >= 4 is 40.0 Å². The summed E-state index contributed by atoms with van der Waals surface area (Å²) in [4.78, 5) is 23.2. The van der Waals surface area contributed by atoms with E-state index >= 15 is 0 Å². The third kappa shape index (κ3) is 2.49. The van der Waals surface area contributed by atoms with Gasteiger partial charge in [0.05, 0.1) is 5.69 Å². The third-order valence-electron chi connectivity index (χ3n) is 2.89. The number of anilines is 1. The molecule has 9 heteroatoms. The Morgan fingerprint density at radius 3 is 2.95 bits per heavy atom. The molecular formula is C11H10BrN2O4PS. The van der Waals surface area contributed by atoms with Gasteiger partial charge in [-0.3, -0.25) is 4.57 Å². The lowest BCUT2D eigenvalue weighted by molar-refractivity contribution is 0.301. The Kier molecular flexibility index (Phi) is 3.38. The standard InChI is InChI=1S/C11H10BrN2O4PS/c12-6-1-2-7(18-4-19(15,16)17)9-5(6)3-8-10(9)14-11(13)20-8/h1-2H,3-4H2,(H2,13,14)(H2,15,16,17). The second-order valence-electron chi connectivity index (χ2n) is 4.34. The molecule has 2 aromatic rings. The van der Waals surface area contributed by atoms with Crippen molar-refractivity contribution in [2.45, 2.75) is 6.42 Å². The summed E-state index contributed by atoms with van der Waals surface area (Å²) in [6, 6.07) is 3.47. The van der Waals surface area contributed by atoms with E-state index in [0.29, 0.717) is 17.3 Å². The maximum atomic E-state index is 10.9. The molecule has 1 aliphatic rings. The third-order valence-corrected chi connectivity index (χ3v) is 4.99. The minimum atomic E-state index is -4.22. The highest BCUT2D eigenvalue weighted by atomic mass is 79.9. The number of hydrogen-bond donors (Lipinski definition) is 3. The molecule has 0 fully saturated rings. The van der Waals surface area contributed by atoms with E-state index in [1.165, 1.54) is 11.3 Å². The quantitative estimate of drug-likeness (QED) is 0.606. The molecule has 106 valence electrons. The van der Waals surface area contributed by atoms with E-state index < -0.39 is 13.9 Å². The number of hydrogen-bond acceptors (Lipinski definition) is 5. The maximum absolute atomic E-state index is 10.9. The molecule has 0 amide bonds. The SMILES string of the molecule is Nc1nc2c(s1)Cc1c(Br)ccc(OCP(=O)(O)O)c1-2. The number of benzene rings is 1. The maximum Gasteiger partial charge on any atom is 0.362 e. The second kappa shape index (κ2) is 4.82. The Balaban J connectivity index is 2.06. The van der Waals surface area contributed by atoms with Crippen molar-refractivity contribution in [3.63, 3.8) is 0 Å². The van der Waals surface area contributed by atoms with E-state index in [-0.39, 0.29) is 0 Å². The van der Waals surface area contributed by atoms with Crippen molar-refractivity contribution in [2.75, 3.05) is 12.1 Å². The van der Waals surface area contributed by atoms with Crippen LogP contribution in [0.15, 0.2) is 16.6 Å². The summed E-state index contributed by atoms with van der Waals surface area (Å²) >= 11 is 4.88. The average Bonchev–Trinajstić information content (AvgIpc) is 2.84. The number of fused-ring (bicyclic) bond motifs is 3. The van der Waals surface area contributed by atoms with Crippen LogP contribution in [0.5, 0.6) is 5.75 Å². The molecule has 3 rings (SSSR count). The molecule has 0 atom stereocenters. The first kappa shape index (κ1) is 14.0. The molecule has 1 aromatic heterocycles. The zero-order valence-corrected chi connectivity index (χ0v) is 13.3. The largest absolute Gasteiger partial charge is 0.480 e. The topological polar surface area (TPSA) is 106 Å². The van der Waals surface area contributed by atoms with E-state index in [1.807, 2.05) is 0 Å². The number of ether oxygens (including phenoxy) is 1. The van der Waals surface area contributed by atoms with Gasteiger partial charge in [0.1, 0.15) is 5.75 Å².